The van der Waals surface area contributed by atoms with E-state index in [0.717, 1.165) is 25.0 Å². The van der Waals surface area contributed by atoms with Gasteiger partial charge in [0.25, 0.3) is 11.8 Å². The van der Waals surface area contributed by atoms with Gasteiger partial charge in [0.15, 0.2) is 5.60 Å². The standard InChI is InChI=1S/C26H31ClN2O4/c1-2-28-14-16-32-23-12-4-3-8-20(23)9-5-6-13-26(25(28)31)19-29(15-17-33-26)24(30)21-10-7-11-22(27)18-21/h3-4,7-8,10-12,18H,2,5-6,9,13-17,19H2,1H3. The number of carbonyl (C=O) groups is 2. The minimum Gasteiger partial charge on any atom is -0.491 e. The first-order valence-electron chi connectivity index (χ1n) is 11.7. The van der Waals surface area contributed by atoms with Crippen molar-refractivity contribution in [1.29, 1.82) is 0 Å². The van der Waals surface area contributed by atoms with E-state index in [1.807, 2.05) is 25.1 Å². The van der Waals surface area contributed by atoms with Crippen LogP contribution < -0.4 is 4.74 Å². The molecule has 1 fully saturated rings. The highest BCUT2D eigenvalue weighted by Crippen LogP contribution is 2.30. The lowest BCUT2D eigenvalue weighted by atomic mass is 9.90. The molecule has 4 rings (SSSR count). The molecule has 2 aliphatic rings. The average Bonchev–Trinajstić information content (AvgIpc) is 2.84. The quantitative estimate of drug-likeness (QED) is 0.659. The normalized spacial score (nSPS) is 22.2. The third-order valence-corrected chi connectivity index (χ3v) is 6.71. The van der Waals surface area contributed by atoms with Crippen molar-refractivity contribution in [3.8, 4) is 5.75 Å². The van der Waals surface area contributed by atoms with Crippen molar-refractivity contribution in [2.45, 2.75) is 38.2 Å². The molecule has 2 heterocycles. The molecule has 2 amide bonds. The summed E-state index contributed by atoms with van der Waals surface area (Å²) in [5, 5.41) is 0.517. The lowest BCUT2D eigenvalue weighted by Gasteiger charge is -2.44. The topological polar surface area (TPSA) is 59.1 Å². The molecule has 0 N–H and O–H groups in total. The summed E-state index contributed by atoms with van der Waals surface area (Å²) in [5.74, 6) is 0.703. The van der Waals surface area contributed by atoms with Gasteiger partial charge in [0.2, 0.25) is 0 Å². The van der Waals surface area contributed by atoms with Crippen molar-refractivity contribution < 1.29 is 19.1 Å². The number of para-hydroxylation sites is 1. The van der Waals surface area contributed by atoms with Gasteiger partial charge in [-0.05, 0) is 62.4 Å². The number of fused-ring (bicyclic) bond motifs is 1. The van der Waals surface area contributed by atoms with Gasteiger partial charge in [-0.1, -0.05) is 35.9 Å². The Morgan fingerprint density at radius 1 is 1.09 bits per heavy atom. The molecule has 1 spiro atoms. The molecule has 33 heavy (non-hydrogen) atoms. The van der Waals surface area contributed by atoms with Gasteiger partial charge < -0.3 is 19.3 Å². The molecule has 176 valence electrons. The zero-order valence-electron chi connectivity index (χ0n) is 19.1. The third-order valence-electron chi connectivity index (χ3n) is 6.47. The fourth-order valence-corrected chi connectivity index (χ4v) is 4.87. The van der Waals surface area contributed by atoms with Gasteiger partial charge in [0, 0.05) is 23.7 Å². The van der Waals surface area contributed by atoms with Crippen LogP contribution in [-0.2, 0) is 16.0 Å². The fraction of sp³-hybridized carbons (Fsp3) is 0.462. The molecule has 0 bridgehead atoms. The van der Waals surface area contributed by atoms with Gasteiger partial charge in [0.05, 0.1) is 19.7 Å². The Labute approximate surface area is 200 Å². The monoisotopic (exact) mass is 470 g/mol. The number of amides is 2. The number of carbonyl (C=O) groups excluding carboxylic acids is 2. The fourth-order valence-electron chi connectivity index (χ4n) is 4.68. The number of benzene rings is 2. The van der Waals surface area contributed by atoms with E-state index >= 15 is 0 Å². The van der Waals surface area contributed by atoms with Crippen LogP contribution in [0.15, 0.2) is 48.5 Å². The SMILES string of the molecule is CCN1CCOc2ccccc2CCCCC2(CN(C(=O)c3cccc(Cl)c3)CCO2)C1=O. The highest BCUT2D eigenvalue weighted by molar-refractivity contribution is 6.30. The maximum atomic E-state index is 13.8. The van der Waals surface area contributed by atoms with Crippen LogP contribution >= 0.6 is 11.6 Å². The predicted octanol–water partition coefficient (Wildman–Crippen LogP) is 4.21. The van der Waals surface area contributed by atoms with Crippen LogP contribution in [0.5, 0.6) is 5.75 Å². The molecular formula is C26H31ClN2O4. The zero-order chi connectivity index (χ0) is 23.3. The van der Waals surface area contributed by atoms with Gasteiger partial charge in [-0.3, -0.25) is 9.59 Å². The second-order valence-electron chi connectivity index (χ2n) is 8.63. The van der Waals surface area contributed by atoms with Crippen LogP contribution in [-0.4, -0.2) is 66.6 Å². The lowest BCUT2D eigenvalue weighted by molar-refractivity contribution is -0.170. The first-order chi connectivity index (χ1) is 16.0. The largest absolute Gasteiger partial charge is 0.491 e. The van der Waals surface area contributed by atoms with Gasteiger partial charge in [-0.15, -0.1) is 0 Å². The first-order valence-corrected chi connectivity index (χ1v) is 12.1. The number of morpholine rings is 1. The number of halogens is 1. The van der Waals surface area contributed by atoms with E-state index in [1.54, 1.807) is 34.1 Å². The van der Waals surface area contributed by atoms with Crippen molar-refractivity contribution in [2.24, 2.45) is 0 Å². The lowest BCUT2D eigenvalue weighted by Crippen LogP contribution is -2.62. The van der Waals surface area contributed by atoms with Crippen LogP contribution in [0.1, 0.15) is 42.1 Å². The van der Waals surface area contributed by atoms with E-state index in [-0.39, 0.29) is 18.4 Å². The van der Waals surface area contributed by atoms with Crippen LogP contribution in [0.3, 0.4) is 0 Å². The maximum absolute atomic E-state index is 13.8. The highest BCUT2D eigenvalue weighted by Gasteiger charge is 2.46. The summed E-state index contributed by atoms with van der Waals surface area (Å²) in [6, 6.07) is 15.0. The number of rotatable bonds is 2. The van der Waals surface area contributed by atoms with Crippen molar-refractivity contribution >= 4 is 23.4 Å². The molecule has 0 aromatic heterocycles. The second kappa shape index (κ2) is 10.6. The molecule has 2 aliphatic heterocycles. The Morgan fingerprint density at radius 3 is 2.76 bits per heavy atom. The minimum atomic E-state index is -1.04. The Bertz CT molecular complexity index is 998. The van der Waals surface area contributed by atoms with E-state index in [0.29, 0.717) is 49.9 Å². The number of hydrogen-bond donors (Lipinski definition) is 0. The molecular weight excluding hydrogens is 440 g/mol. The molecule has 1 saturated heterocycles. The van der Waals surface area contributed by atoms with E-state index in [9.17, 15) is 9.59 Å². The molecule has 6 nitrogen and oxygen atoms in total. The summed E-state index contributed by atoms with van der Waals surface area (Å²) in [5.41, 5.74) is 0.669. The number of ether oxygens (including phenoxy) is 2. The Hall–Kier alpha value is -2.57. The summed E-state index contributed by atoms with van der Waals surface area (Å²) >= 11 is 6.10. The molecule has 2 aromatic rings. The van der Waals surface area contributed by atoms with Crippen LogP contribution in [0.4, 0.5) is 0 Å². The van der Waals surface area contributed by atoms with Crippen molar-refractivity contribution in [2.75, 3.05) is 39.4 Å². The Morgan fingerprint density at radius 2 is 1.94 bits per heavy atom. The summed E-state index contributed by atoms with van der Waals surface area (Å²) in [4.78, 5) is 30.5. The van der Waals surface area contributed by atoms with E-state index < -0.39 is 5.60 Å². The number of nitrogens with zero attached hydrogens (tertiary/aromatic N) is 2. The van der Waals surface area contributed by atoms with Gasteiger partial charge in [0.1, 0.15) is 12.4 Å². The Kier molecular flexibility index (Phi) is 7.56. The Balaban J connectivity index is 1.57. The second-order valence-corrected chi connectivity index (χ2v) is 9.06. The summed E-state index contributed by atoms with van der Waals surface area (Å²) in [6.45, 7) is 4.41. The molecule has 0 aliphatic carbocycles. The van der Waals surface area contributed by atoms with E-state index in [1.165, 1.54) is 5.56 Å². The predicted molar refractivity (Wildman–Crippen MR) is 128 cm³/mol. The molecule has 7 heteroatoms. The number of hydrogen-bond acceptors (Lipinski definition) is 4. The van der Waals surface area contributed by atoms with Crippen molar-refractivity contribution in [1.82, 2.24) is 9.80 Å². The van der Waals surface area contributed by atoms with E-state index in [2.05, 4.69) is 6.07 Å². The zero-order valence-corrected chi connectivity index (χ0v) is 19.9. The first kappa shape index (κ1) is 23.6. The highest BCUT2D eigenvalue weighted by atomic mass is 35.5. The number of aryl methyl sites for hydroxylation is 1. The molecule has 1 atom stereocenters. The molecule has 2 aromatic carbocycles. The van der Waals surface area contributed by atoms with Crippen LogP contribution in [0.2, 0.25) is 5.02 Å². The average molecular weight is 471 g/mol. The van der Waals surface area contributed by atoms with Crippen molar-refractivity contribution in [3.63, 3.8) is 0 Å². The van der Waals surface area contributed by atoms with Crippen LogP contribution in [0, 0.1) is 0 Å². The van der Waals surface area contributed by atoms with Crippen molar-refractivity contribution in [3.05, 3.63) is 64.7 Å². The van der Waals surface area contributed by atoms with Crippen LogP contribution in [0.25, 0.3) is 0 Å². The summed E-state index contributed by atoms with van der Waals surface area (Å²) < 4.78 is 12.2. The van der Waals surface area contributed by atoms with Gasteiger partial charge in [-0.2, -0.15) is 0 Å². The number of likely N-dealkylation sites (N-methyl/N-ethyl adjacent to an activating group) is 1. The maximum Gasteiger partial charge on any atom is 0.256 e. The molecule has 0 saturated carbocycles. The van der Waals surface area contributed by atoms with E-state index in [4.69, 9.17) is 21.1 Å². The molecule has 0 radical (unpaired) electrons. The summed E-state index contributed by atoms with van der Waals surface area (Å²) in [6.07, 6.45) is 3.18. The molecule has 1 unspecified atom stereocenters. The minimum absolute atomic E-state index is 0.0638. The third kappa shape index (κ3) is 5.33. The summed E-state index contributed by atoms with van der Waals surface area (Å²) in [7, 11) is 0. The van der Waals surface area contributed by atoms with Gasteiger partial charge in [-0.25, -0.2) is 0 Å². The smallest absolute Gasteiger partial charge is 0.256 e. The van der Waals surface area contributed by atoms with Gasteiger partial charge >= 0.3 is 0 Å².